The first-order chi connectivity index (χ1) is 14.2. The van der Waals surface area contributed by atoms with E-state index in [2.05, 4.69) is 20.7 Å². The van der Waals surface area contributed by atoms with Crippen molar-refractivity contribution in [3.8, 4) is 0 Å². The van der Waals surface area contributed by atoms with Crippen molar-refractivity contribution in [1.29, 1.82) is 0 Å². The number of aromatic nitrogens is 1. The number of halogens is 3. The predicted octanol–water partition coefficient (Wildman–Crippen LogP) is 4.99. The van der Waals surface area contributed by atoms with Crippen LogP contribution >= 0.6 is 0 Å². The van der Waals surface area contributed by atoms with Crippen LogP contribution in [0.4, 0.5) is 30.2 Å². The van der Waals surface area contributed by atoms with E-state index in [0.29, 0.717) is 18.0 Å². The quantitative estimate of drug-likeness (QED) is 0.630. The van der Waals surface area contributed by atoms with Gasteiger partial charge in [-0.2, -0.15) is 13.2 Å². The molecular weight excluding hydrogens is 415 g/mol. The molecule has 1 aliphatic heterocycles. The lowest BCUT2D eigenvalue weighted by Gasteiger charge is -2.31. The van der Waals surface area contributed by atoms with E-state index >= 15 is 0 Å². The fourth-order valence-corrected chi connectivity index (χ4v) is 4.45. The molecule has 0 unspecified atom stereocenters. The lowest BCUT2D eigenvalue weighted by Crippen LogP contribution is -2.24. The zero-order valence-corrected chi connectivity index (χ0v) is 16.5. The van der Waals surface area contributed by atoms with Crippen molar-refractivity contribution in [3.63, 3.8) is 0 Å². The number of fused-ring (bicyclic) bond motifs is 1. The molecule has 0 radical (unpaired) electrons. The van der Waals surface area contributed by atoms with Crippen LogP contribution in [0.3, 0.4) is 0 Å². The van der Waals surface area contributed by atoms with E-state index in [-0.39, 0.29) is 4.90 Å². The molecule has 0 saturated heterocycles. The number of aryl methyl sites for hydroxylation is 1. The van der Waals surface area contributed by atoms with Crippen LogP contribution in [0.1, 0.15) is 17.7 Å². The van der Waals surface area contributed by atoms with Crippen molar-refractivity contribution < 1.29 is 21.6 Å². The van der Waals surface area contributed by atoms with E-state index in [1.165, 1.54) is 5.56 Å². The third-order valence-electron chi connectivity index (χ3n) is 4.86. The molecular formula is C21H18F3N3O2S. The van der Waals surface area contributed by atoms with Crippen molar-refractivity contribution in [1.82, 2.24) is 4.98 Å². The summed E-state index contributed by atoms with van der Waals surface area (Å²) in [5.74, 6) is 0. The van der Waals surface area contributed by atoms with Gasteiger partial charge in [-0.1, -0.05) is 24.3 Å². The van der Waals surface area contributed by atoms with Gasteiger partial charge in [-0.25, -0.2) is 8.42 Å². The number of pyridine rings is 1. The summed E-state index contributed by atoms with van der Waals surface area (Å²) in [6.45, 7) is 0.802. The van der Waals surface area contributed by atoms with Gasteiger partial charge < -0.3 is 4.90 Å². The van der Waals surface area contributed by atoms with Crippen molar-refractivity contribution in [2.75, 3.05) is 16.2 Å². The van der Waals surface area contributed by atoms with Gasteiger partial charge in [0.2, 0.25) is 0 Å². The predicted molar refractivity (Wildman–Crippen MR) is 108 cm³/mol. The molecule has 0 bridgehead atoms. The summed E-state index contributed by atoms with van der Waals surface area (Å²) < 4.78 is 65.6. The molecule has 1 aliphatic rings. The zero-order chi connectivity index (χ0) is 21.4. The summed E-state index contributed by atoms with van der Waals surface area (Å²) in [5, 5.41) is 0. The Morgan fingerprint density at radius 1 is 1.00 bits per heavy atom. The molecule has 0 saturated carbocycles. The molecule has 0 atom stereocenters. The Morgan fingerprint density at radius 3 is 2.53 bits per heavy atom. The van der Waals surface area contributed by atoms with Gasteiger partial charge in [0, 0.05) is 24.1 Å². The van der Waals surface area contributed by atoms with E-state index in [1.54, 1.807) is 18.2 Å². The topological polar surface area (TPSA) is 62.3 Å². The van der Waals surface area contributed by atoms with Crippen LogP contribution in [0.15, 0.2) is 71.8 Å². The van der Waals surface area contributed by atoms with Crippen molar-refractivity contribution in [3.05, 3.63) is 78.1 Å². The van der Waals surface area contributed by atoms with Crippen LogP contribution in [-0.4, -0.2) is 19.9 Å². The maximum Gasteiger partial charge on any atom is 0.433 e. The number of rotatable bonds is 4. The van der Waals surface area contributed by atoms with Gasteiger partial charge in [-0.15, -0.1) is 0 Å². The largest absolute Gasteiger partial charge is 0.433 e. The first-order valence-electron chi connectivity index (χ1n) is 9.26. The Kier molecular flexibility index (Phi) is 5.15. The molecule has 30 heavy (non-hydrogen) atoms. The van der Waals surface area contributed by atoms with Gasteiger partial charge in [0.25, 0.3) is 10.0 Å². The minimum atomic E-state index is -4.63. The number of alkyl halides is 3. The molecule has 5 nitrogen and oxygen atoms in total. The highest BCUT2D eigenvalue weighted by molar-refractivity contribution is 7.92. The maximum atomic E-state index is 12.7. The molecule has 4 rings (SSSR count). The molecule has 9 heteroatoms. The Balaban J connectivity index is 1.59. The third-order valence-corrected chi connectivity index (χ3v) is 6.22. The smallest absolute Gasteiger partial charge is 0.341 e. The molecule has 0 spiro atoms. The van der Waals surface area contributed by atoms with E-state index in [9.17, 15) is 21.6 Å². The summed E-state index contributed by atoms with van der Waals surface area (Å²) in [7, 11) is -4.08. The van der Waals surface area contributed by atoms with Gasteiger partial charge in [0.1, 0.15) is 10.6 Å². The number of sulfonamides is 1. The van der Waals surface area contributed by atoms with Gasteiger partial charge >= 0.3 is 6.18 Å². The Labute approximate surface area is 172 Å². The molecule has 1 aromatic heterocycles. The highest BCUT2D eigenvalue weighted by atomic mass is 32.2. The average molecular weight is 433 g/mol. The number of nitrogens with zero attached hydrogens (tertiary/aromatic N) is 2. The number of nitrogens with one attached hydrogen (secondary N) is 1. The number of hydrogen-bond donors (Lipinski definition) is 1. The summed E-state index contributed by atoms with van der Waals surface area (Å²) in [4.78, 5) is 5.00. The Morgan fingerprint density at radius 2 is 1.80 bits per heavy atom. The van der Waals surface area contributed by atoms with Crippen molar-refractivity contribution >= 4 is 27.1 Å². The second-order valence-electron chi connectivity index (χ2n) is 6.92. The van der Waals surface area contributed by atoms with Gasteiger partial charge in [-0.05, 0) is 54.8 Å². The van der Waals surface area contributed by atoms with E-state index in [1.807, 2.05) is 24.3 Å². The zero-order valence-electron chi connectivity index (χ0n) is 15.7. The second kappa shape index (κ2) is 7.64. The molecule has 1 N–H and O–H groups in total. The number of anilines is 3. The summed E-state index contributed by atoms with van der Waals surface area (Å²) >= 11 is 0. The van der Waals surface area contributed by atoms with Crippen LogP contribution in [0, 0.1) is 0 Å². The number of para-hydroxylation sites is 1. The number of benzene rings is 2. The third kappa shape index (κ3) is 4.11. The SMILES string of the molecule is O=S(=O)(Nc1cccc(N2CCCc3ccccc32)c1)c1ccc(C(F)(F)F)nc1. The highest BCUT2D eigenvalue weighted by Crippen LogP contribution is 2.34. The van der Waals surface area contributed by atoms with Crippen molar-refractivity contribution in [2.24, 2.45) is 0 Å². The maximum absolute atomic E-state index is 12.7. The highest BCUT2D eigenvalue weighted by Gasteiger charge is 2.32. The minimum absolute atomic E-state index is 0.315. The lowest BCUT2D eigenvalue weighted by molar-refractivity contribution is -0.141. The first-order valence-corrected chi connectivity index (χ1v) is 10.7. The molecule has 0 amide bonds. The molecule has 156 valence electrons. The van der Waals surface area contributed by atoms with E-state index < -0.39 is 21.9 Å². The van der Waals surface area contributed by atoms with E-state index in [4.69, 9.17) is 0 Å². The first kappa shape index (κ1) is 20.2. The van der Waals surface area contributed by atoms with Gasteiger partial charge in [0.15, 0.2) is 0 Å². The van der Waals surface area contributed by atoms with Crippen LogP contribution < -0.4 is 9.62 Å². The van der Waals surface area contributed by atoms with Crippen LogP contribution in [0.25, 0.3) is 0 Å². The molecule has 0 fully saturated rings. The fraction of sp³-hybridized carbons (Fsp3) is 0.190. The summed E-state index contributed by atoms with van der Waals surface area (Å²) in [5.41, 5.74) is 2.30. The standard InChI is InChI=1S/C21H18F3N3O2S/c22-21(23,24)20-11-10-18(14-25-20)30(28,29)26-16-7-3-8-17(13-16)27-12-4-6-15-5-1-2-9-19(15)27/h1-3,5,7-11,13-14,26H,4,6,12H2. The normalized spacial score (nSPS) is 14.3. The monoisotopic (exact) mass is 433 g/mol. The van der Waals surface area contributed by atoms with Crippen LogP contribution in [0.2, 0.25) is 0 Å². The fourth-order valence-electron chi connectivity index (χ4n) is 3.46. The Hall–Kier alpha value is -3.07. The van der Waals surface area contributed by atoms with E-state index in [0.717, 1.165) is 36.8 Å². The Bertz CT molecular complexity index is 1160. The summed E-state index contributed by atoms with van der Waals surface area (Å²) in [6, 6.07) is 16.5. The summed E-state index contributed by atoms with van der Waals surface area (Å²) in [6.07, 6.45) is -1.96. The minimum Gasteiger partial charge on any atom is -0.341 e. The molecule has 3 aromatic rings. The average Bonchev–Trinajstić information content (AvgIpc) is 2.73. The van der Waals surface area contributed by atoms with Crippen molar-refractivity contribution in [2.45, 2.75) is 23.9 Å². The molecule has 2 heterocycles. The van der Waals surface area contributed by atoms with Crippen LogP contribution in [-0.2, 0) is 22.6 Å². The molecule has 0 aliphatic carbocycles. The van der Waals surface area contributed by atoms with Gasteiger partial charge in [0.05, 0.1) is 5.69 Å². The lowest BCUT2D eigenvalue weighted by atomic mass is 10.0. The van der Waals surface area contributed by atoms with Crippen LogP contribution in [0.5, 0.6) is 0 Å². The number of hydrogen-bond acceptors (Lipinski definition) is 4. The molecule has 2 aromatic carbocycles. The second-order valence-corrected chi connectivity index (χ2v) is 8.60. The van der Waals surface area contributed by atoms with Gasteiger partial charge in [-0.3, -0.25) is 9.71 Å².